The molecule has 0 spiro atoms. The molecule has 0 aliphatic heterocycles. The van der Waals surface area contributed by atoms with Crippen LogP contribution in [0.3, 0.4) is 0 Å². The van der Waals surface area contributed by atoms with Crippen LogP contribution in [0.4, 0.5) is 5.69 Å². The van der Waals surface area contributed by atoms with Crippen molar-refractivity contribution in [3.8, 4) is 0 Å². The molecule has 1 N–H and O–H groups in total. The standard InChI is InChI=1S/C28H41NO/c1-15(2)20-11-23(17(5)6)27(24(12-20)18(7)8)29-28(30)26-14-21-13-22(16(3)4)25(26)10-19(21)9/h10-12,14-18,21-22,25H,13H2,1-9H3,(H,29,30)/t21-,22-,25-/m1/s1. The molecule has 0 aromatic heterocycles. The number of rotatable bonds is 6. The zero-order valence-corrected chi connectivity index (χ0v) is 20.5. The van der Waals surface area contributed by atoms with E-state index in [4.69, 9.17) is 0 Å². The van der Waals surface area contributed by atoms with Crippen molar-refractivity contribution < 1.29 is 4.79 Å². The lowest BCUT2D eigenvalue weighted by atomic mass is 9.63. The minimum absolute atomic E-state index is 0.0974. The highest BCUT2D eigenvalue weighted by atomic mass is 16.1. The highest BCUT2D eigenvalue weighted by Crippen LogP contribution is 2.47. The van der Waals surface area contributed by atoms with E-state index in [1.807, 2.05) is 0 Å². The molecule has 3 aliphatic carbocycles. The molecule has 4 rings (SSSR count). The Bertz CT molecular complexity index is 840. The molecule has 3 atom stereocenters. The first-order chi connectivity index (χ1) is 14.0. The second-order valence-electron chi connectivity index (χ2n) is 10.8. The Morgan fingerprint density at radius 3 is 1.90 bits per heavy atom. The molecule has 2 nitrogen and oxygen atoms in total. The molecule has 0 radical (unpaired) electrons. The summed E-state index contributed by atoms with van der Waals surface area (Å²) >= 11 is 0. The van der Waals surface area contributed by atoms with Crippen molar-refractivity contribution >= 4 is 11.6 Å². The maximum Gasteiger partial charge on any atom is 0.251 e. The summed E-state index contributed by atoms with van der Waals surface area (Å²) in [5.41, 5.74) is 7.32. The van der Waals surface area contributed by atoms with Crippen molar-refractivity contribution in [2.75, 3.05) is 5.32 Å². The molecule has 0 saturated carbocycles. The third kappa shape index (κ3) is 4.29. The van der Waals surface area contributed by atoms with E-state index in [2.05, 4.69) is 91.9 Å². The van der Waals surface area contributed by atoms with Gasteiger partial charge in [0.25, 0.3) is 5.91 Å². The van der Waals surface area contributed by atoms with Gasteiger partial charge in [-0.1, -0.05) is 85.2 Å². The number of allylic oxidation sites excluding steroid dienone is 3. The van der Waals surface area contributed by atoms with Crippen molar-refractivity contribution in [2.24, 2.45) is 23.7 Å². The molecule has 1 aromatic rings. The van der Waals surface area contributed by atoms with Gasteiger partial charge in [0, 0.05) is 17.2 Å². The van der Waals surface area contributed by atoms with Crippen LogP contribution in [0, 0.1) is 23.7 Å². The fraction of sp³-hybridized carbons (Fsp3) is 0.607. The average molecular weight is 408 g/mol. The van der Waals surface area contributed by atoms with E-state index in [9.17, 15) is 4.79 Å². The highest BCUT2D eigenvalue weighted by Gasteiger charge is 2.40. The largest absolute Gasteiger partial charge is 0.322 e. The molecule has 0 fully saturated rings. The van der Waals surface area contributed by atoms with Crippen LogP contribution in [0.2, 0.25) is 0 Å². The van der Waals surface area contributed by atoms with Gasteiger partial charge < -0.3 is 5.32 Å². The van der Waals surface area contributed by atoms with Crippen molar-refractivity contribution in [3.05, 3.63) is 52.1 Å². The Morgan fingerprint density at radius 1 is 0.900 bits per heavy atom. The second kappa shape index (κ2) is 8.73. The van der Waals surface area contributed by atoms with Gasteiger partial charge in [0.05, 0.1) is 0 Å². The van der Waals surface area contributed by atoms with E-state index in [1.54, 1.807) is 0 Å². The van der Waals surface area contributed by atoms with Crippen LogP contribution in [0.5, 0.6) is 0 Å². The predicted molar refractivity (Wildman–Crippen MR) is 129 cm³/mol. The molecule has 2 heteroatoms. The van der Waals surface area contributed by atoms with Crippen LogP contribution in [0.1, 0.15) is 103 Å². The van der Waals surface area contributed by atoms with Gasteiger partial charge in [0.15, 0.2) is 0 Å². The minimum Gasteiger partial charge on any atom is -0.322 e. The first-order valence-electron chi connectivity index (χ1n) is 11.9. The number of fused-ring (bicyclic) bond motifs is 1. The molecule has 0 heterocycles. The number of carbonyl (C=O) groups is 1. The Labute approximate surface area is 184 Å². The molecule has 164 valence electrons. The molecular formula is C28H41NO. The van der Waals surface area contributed by atoms with Gasteiger partial charge in [-0.25, -0.2) is 0 Å². The summed E-state index contributed by atoms with van der Waals surface area (Å²) in [6, 6.07) is 4.61. The van der Waals surface area contributed by atoms with Crippen molar-refractivity contribution in [2.45, 2.75) is 86.5 Å². The summed E-state index contributed by atoms with van der Waals surface area (Å²) < 4.78 is 0. The number of hydrogen-bond donors (Lipinski definition) is 1. The minimum atomic E-state index is 0.0974. The fourth-order valence-corrected chi connectivity index (χ4v) is 5.20. The Hall–Kier alpha value is -1.83. The van der Waals surface area contributed by atoms with E-state index in [1.165, 1.54) is 28.7 Å². The van der Waals surface area contributed by atoms with Crippen LogP contribution < -0.4 is 5.32 Å². The van der Waals surface area contributed by atoms with Crippen LogP contribution in [-0.4, -0.2) is 5.91 Å². The summed E-state index contributed by atoms with van der Waals surface area (Å²) in [6.07, 6.45) is 5.79. The zero-order valence-electron chi connectivity index (χ0n) is 20.5. The number of hydrogen-bond acceptors (Lipinski definition) is 1. The van der Waals surface area contributed by atoms with E-state index < -0.39 is 0 Å². The molecule has 1 aromatic carbocycles. The SMILES string of the molecule is CC1=C[C@H]2C(C(=O)Nc3c(C(C)C)cc(C(C)C)cc3C(C)C)=C[C@H]1C[C@@H]2C(C)C. The Balaban J connectivity index is 2.00. The monoisotopic (exact) mass is 407 g/mol. The Kier molecular flexibility index (Phi) is 6.65. The van der Waals surface area contributed by atoms with Gasteiger partial charge in [-0.2, -0.15) is 0 Å². The van der Waals surface area contributed by atoms with Crippen LogP contribution in [-0.2, 0) is 4.79 Å². The van der Waals surface area contributed by atoms with Crippen LogP contribution in [0.25, 0.3) is 0 Å². The quantitative estimate of drug-likeness (QED) is 0.479. The van der Waals surface area contributed by atoms with E-state index >= 15 is 0 Å². The van der Waals surface area contributed by atoms with E-state index in [0.29, 0.717) is 35.5 Å². The first kappa shape index (κ1) is 22.8. The van der Waals surface area contributed by atoms with Gasteiger partial charge in [-0.05, 0) is 65.5 Å². The molecule has 3 aliphatic rings. The maximum absolute atomic E-state index is 13.6. The topological polar surface area (TPSA) is 29.1 Å². The fourth-order valence-electron chi connectivity index (χ4n) is 5.20. The molecule has 2 bridgehead atoms. The smallest absolute Gasteiger partial charge is 0.251 e. The number of anilines is 1. The number of amides is 1. The highest BCUT2D eigenvalue weighted by molar-refractivity contribution is 6.05. The van der Waals surface area contributed by atoms with Gasteiger partial charge in [0.1, 0.15) is 0 Å². The zero-order chi connectivity index (χ0) is 22.3. The van der Waals surface area contributed by atoms with E-state index in [-0.39, 0.29) is 11.8 Å². The molecule has 0 unspecified atom stereocenters. The van der Waals surface area contributed by atoms with Crippen molar-refractivity contribution in [1.29, 1.82) is 0 Å². The van der Waals surface area contributed by atoms with Crippen molar-refractivity contribution in [1.82, 2.24) is 0 Å². The normalized spacial score (nSPS) is 23.4. The number of carbonyl (C=O) groups excluding carboxylic acids is 1. The maximum atomic E-state index is 13.6. The van der Waals surface area contributed by atoms with Crippen molar-refractivity contribution in [3.63, 3.8) is 0 Å². The Morgan fingerprint density at radius 2 is 1.47 bits per heavy atom. The second-order valence-corrected chi connectivity index (χ2v) is 10.8. The number of benzene rings is 1. The average Bonchev–Trinajstić information content (AvgIpc) is 2.67. The lowest BCUT2D eigenvalue weighted by molar-refractivity contribution is -0.113. The first-order valence-corrected chi connectivity index (χ1v) is 11.9. The van der Waals surface area contributed by atoms with Crippen LogP contribution in [0.15, 0.2) is 35.4 Å². The molecule has 1 amide bonds. The van der Waals surface area contributed by atoms with Gasteiger partial charge in [0.2, 0.25) is 0 Å². The van der Waals surface area contributed by atoms with Gasteiger partial charge in [-0.15, -0.1) is 0 Å². The summed E-state index contributed by atoms with van der Waals surface area (Å²) in [7, 11) is 0. The van der Waals surface area contributed by atoms with Crippen LogP contribution >= 0.6 is 0 Å². The summed E-state index contributed by atoms with van der Waals surface area (Å²) in [4.78, 5) is 13.6. The third-order valence-electron chi connectivity index (χ3n) is 7.24. The predicted octanol–water partition coefficient (Wildman–Crippen LogP) is 7.79. The van der Waals surface area contributed by atoms with Gasteiger partial charge >= 0.3 is 0 Å². The number of nitrogens with one attached hydrogen (secondary N) is 1. The molecule has 0 saturated heterocycles. The summed E-state index contributed by atoms with van der Waals surface area (Å²) in [5, 5.41) is 3.40. The lowest BCUT2D eigenvalue weighted by Crippen LogP contribution is -2.36. The summed E-state index contributed by atoms with van der Waals surface area (Å²) in [6.45, 7) is 20.2. The molecule has 30 heavy (non-hydrogen) atoms. The molecular weight excluding hydrogens is 366 g/mol. The van der Waals surface area contributed by atoms with Gasteiger partial charge in [-0.3, -0.25) is 4.79 Å². The summed E-state index contributed by atoms with van der Waals surface area (Å²) in [5.74, 6) is 3.10. The lowest BCUT2D eigenvalue weighted by Gasteiger charge is -2.42. The third-order valence-corrected chi connectivity index (χ3v) is 7.24. The van der Waals surface area contributed by atoms with E-state index in [0.717, 1.165) is 11.3 Å².